The van der Waals surface area contributed by atoms with Gasteiger partial charge in [0.2, 0.25) is 5.75 Å². The summed E-state index contributed by atoms with van der Waals surface area (Å²) in [7, 11) is 0. The van der Waals surface area contributed by atoms with E-state index in [-0.39, 0.29) is 12.3 Å². The van der Waals surface area contributed by atoms with E-state index < -0.39 is 34.8 Å². The molecule has 1 rings (SSSR count). The van der Waals surface area contributed by atoms with E-state index in [0.717, 1.165) is 0 Å². The Bertz CT molecular complexity index is 434. The van der Waals surface area contributed by atoms with Crippen LogP contribution >= 0.6 is 0 Å². The number of rotatable bonds is 3. The molecule has 0 aromatic carbocycles. The summed E-state index contributed by atoms with van der Waals surface area (Å²) in [4.78, 5) is 12.1. The van der Waals surface area contributed by atoms with Gasteiger partial charge in [0.25, 0.3) is 6.43 Å². The second kappa shape index (κ2) is 4.47. The second-order valence-electron chi connectivity index (χ2n) is 2.68. The lowest BCUT2D eigenvalue weighted by atomic mass is 10.3. The Balaban J connectivity index is 3.21. The Morgan fingerprint density at radius 1 is 1.41 bits per heavy atom. The highest BCUT2D eigenvalue weighted by molar-refractivity contribution is 5.45. The van der Waals surface area contributed by atoms with Crippen molar-refractivity contribution in [3.63, 3.8) is 0 Å². The third kappa shape index (κ3) is 3.50. The van der Waals surface area contributed by atoms with Gasteiger partial charge in [-0.15, -0.1) is 13.2 Å². The average Bonchev–Trinajstić information content (AvgIpc) is 2.14. The molecule has 17 heavy (non-hydrogen) atoms. The van der Waals surface area contributed by atoms with E-state index in [1.54, 1.807) is 0 Å². The van der Waals surface area contributed by atoms with Crippen molar-refractivity contribution in [1.29, 1.82) is 0 Å². The Morgan fingerprint density at radius 2 is 2.00 bits per heavy atom. The molecule has 0 radical (unpaired) electrons. The number of hydrogen-bond acceptors (Lipinski definition) is 4. The molecule has 0 aliphatic heterocycles. The maximum atomic E-state index is 12.1. The topological polar surface area (TPSA) is 65.3 Å². The SMILES string of the molecule is O=[N+]([O-])c1cnc(C(F)F)cc1OC(F)(F)F. The molecule has 1 heterocycles. The number of aromatic nitrogens is 1. The monoisotopic (exact) mass is 258 g/mol. The molecule has 0 aliphatic rings. The summed E-state index contributed by atoms with van der Waals surface area (Å²) < 4.78 is 63.2. The van der Waals surface area contributed by atoms with Gasteiger partial charge in [0.1, 0.15) is 11.9 Å². The van der Waals surface area contributed by atoms with Crippen LogP contribution in [0.1, 0.15) is 12.1 Å². The van der Waals surface area contributed by atoms with Crippen LogP contribution in [0.25, 0.3) is 0 Å². The van der Waals surface area contributed by atoms with E-state index in [9.17, 15) is 32.1 Å². The Kier molecular flexibility index (Phi) is 3.44. The molecule has 0 amide bonds. The van der Waals surface area contributed by atoms with Crippen LogP contribution in [-0.2, 0) is 0 Å². The highest BCUT2D eigenvalue weighted by Crippen LogP contribution is 2.33. The number of nitro groups is 1. The molecule has 0 aliphatic carbocycles. The van der Waals surface area contributed by atoms with Crippen LogP contribution < -0.4 is 4.74 Å². The van der Waals surface area contributed by atoms with Crippen LogP contribution in [0, 0.1) is 10.1 Å². The van der Waals surface area contributed by atoms with Crippen LogP contribution in [0.4, 0.5) is 27.6 Å². The Hall–Kier alpha value is -2.00. The number of pyridine rings is 1. The summed E-state index contributed by atoms with van der Waals surface area (Å²) in [5, 5.41) is 10.3. The average molecular weight is 258 g/mol. The van der Waals surface area contributed by atoms with E-state index >= 15 is 0 Å². The van der Waals surface area contributed by atoms with Crippen molar-refractivity contribution >= 4 is 5.69 Å². The number of halogens is 5. The molecule has 0 saturated heterocycles. The maximum absolute atomic E-state index is 12.1. The zero-order valence-electron chi connectivity index (χ0n) is 7.74. The van der Waals surface area contributed by atoms with Gasteiger partial charge >= 0.3 is 12.0 Å². The third-order valence-corrected chi connectivity index (χ3v) is 1.51. The second-order valence-corrected chi connectivity index (χ2v) is 2.68. The summed E-state index contributed by atoms with van der Waals surface area (Å²) in [6.45, 7) is 0. The normalized spacial score (nSPS) is 11.6. The van der Waals surface area contributed by atoms with Gasteiger partial charge in [-0.2, -0.15) is 0 Å². The quantitative estimate of drug-likeness (QED) is 0.475. The minimum atomic E-state index is -5.22. The molecular weight excluding hydrogens is 255 g/mol. The van der Waals surface area contributed by atoms with Crippen molar-refractivity contribution in [3.8, 4) is 5.75 Å². The van der Waals surface area contributed by atoms with Crippen LogP contribution in [0.3, 0.4) is 0 Å². The van der Waals surface area contributed by atoms with Crippen molar-refractivity contribution in [2.45, 2.75) is 12.8 Å². The fourth-order valence-electron chi connectivity index (χ4n) is 0.908. The van der Waals surface area contributed by atoms with Crippen molar-refractivity contribution in [2.24, 2.45) is 0 Å². The largest absolute Gasteiger partial charge is 0.573 e. The molecule has 0 fully saturated rings. The summed E-state index contributed by atoms with van der Waals surface area (Å²) in [6.07, 6.45) is -8.10. The van der Waals surface area contributed by atoms with Crippen LogP contribution in [-0.4, -0.2) is 16.3 Å². The Labute approximate surface area is 90.0 Å². The summed E-state index contributed by atoms with van der Waals surface area (Å²) in [6, 6.07) is 0.177. The van der Waals surface area contributed by atoms with E-state index in [1.165, 1.54) is 0 Å². The highest BCUT2D eigenvalue weighted by atomic mass is 19.4. The van der Waals surface area contributed by atoms with Crippen LogP contribution in [0.15, 0.2) is 12.3 Å². The molecule has 0 spiro atoms. The van der Waals surface area contributed by atoms with E-state index in [4.69, 9.17) is 0 Å². The van der Waals surface area contributed by atoms with Crippen molar-refractivity contribution in [2.75, 3.05) is 0 Å². The molecular formula is C7H3F5N2O3. The van der Waals surface area contributed by atoms with Gasteiger partial charge in [0, 0.05) is 6.07 Å². The first-order chi connectivity index (χ1) is 7.70. The molecule has 10 heteroatoms. The van der Waals surface area contributed by atoms with Gasteiger partial charge in [-0.1, -0.05) is 0 Å². The van der Waals surface area contributed by atoms with Crippen molar-refractivity contribution < 1.29 is 31.6 Å². The number of ether oxygens (including phenoxy) is 1. The smallest absolute Gasteiger partial charge is 0.398 e. The van der Waals surface area contributed by atoms with Crippen molar-refractivity contribution in [3.05, 3.63) is 28.1 Å². The minimum Gasteiger partial charge on any atom is -0.398 e. The molecule has 0 atom stereocenters. The number of nitrogens with zero attached hydrogens (tertiary/aromatic N) is 2. The first kappa shape index (κ1) is 13.1. The summed E-state index contributed by atoms with van der Waals surface area (Å²) in [5.41, 5.74) is -2.19. The van der Waals surface area contributed by atoms with Gasteiger partial charge in [-0.3, -0.25) is 10.1 Å². The lowest BCUT2D eigenvalue weighted by molar-refractivity contribution is -0.389. The Morgan fingerprint density at radius 3 is 2.41 bits per heavy atom. The van der Waals surface area contributed by atoms with E-state index in [2.05, 4.69) is 9.72 Å². The molecule has 0 N–H and O–H groups in total. The maximum Gasteiger partial charge on any atom is 0.573 e. The standard InChI is InChI=1S/C7H3F5N2O3/c8-6(9)3-1-5(17-7(10,11)12)4(2-13-3)14(15)16/h1-2,6H. The van der Waals surface area contributed by atoms with Gasteiger partial charge in [-0.25, -0.2) is 13.8 Å². The van der Waals surface area contributed by atoms with Crippen molar-refractivity contribution in [1.82, 2.24) is 4.98 Å². The minimum absolute atomic E-state index is 0.177. The van der Waals surface area contributed by atoms with Crippen LogP contribution in [0.5, 0.6) is 5.75 Å². The molecule has 0 unspecified atom stereocenters. The summed E-state index contributed by atoms with van der Waals surface area (Å²) in [5.74, 6) is -1.33. The molecule has 94 valence electrons. The van der Waals surface area contributed by atoms with E-state index in [1.807, 2.05) is 0 Å². The van der Waals surface area contributed by atoms with Gasteiger partial charge in [0.05, 0.1) is 4.92 Å². The first-order valence-electron chi connectivity index (χ1n) is 3.89. The fraction of sp³-hybridized carbons (Fsp3) is 0.286. The zero-order valence-corrected chi connectivity index (χ0v) is 7.74. The predicted molar refractivity (Wildman–Crippen MR) is 42.5 cm³/mol. The zero-order chi connectivity index (χ0) is 13.2. The fourth-order valence-corrected chi connectivity index (χ4v) is 0.908. The predicted octanol–water partition coefficient (Wildman–Crippen LogP) is 2.83. The molecule has 1 aromatic heterocycles. The van der Waals surface area contributed by atoms with Gasteiger partial charge in [0.15, 0.2) is 0 Å². The highest BCUT2D eigenvalue weighted by Gasteiger charge is 2.35. The lowest BCUT2D eigenvalue weighted by Crippen LogP contribution is -2.18. The molecule has 5 nitrogen and oxygen atoms in total. The third-order valence-electron chi connectivity index (χ3n) is 1.51. The lowest BCUT2D eigenvalue weighted by Gasteiger charge is -2.09. The van der Waals surface area contributed by atoms with E-state index in [0.29, 0.717) is 0 Å². The molecule has 0 bridgehead atoms. The summed E-state index contributed by atoms with van der Waals surface area (Å²) >= 11 is 0. The van der Waals surface area contributed by atoms with Gasteiger partial charge < -0.3 is 4.74 Å². The number of hydrogen-bond donors (Lipinski definition) is 0. The first-order valence-corrected chi connectivity index (χ1v) is 3.89. The van der Waals surface area contributed by atoms with Gasteiger partial charge in [-0.05, 0) is 0 Å². The molecule has 1 aromatic rings. The van der Waals surface area contributed by atoms with Crippen LogP contribution in [0.2, 0.25) is 0 Å². The molecule has 0 saturated carbocycles. The number of alkyl halides is 5.